The molecular formula is C20H19F2N3O3S2. The Hall–Kier alpha value is -2.85. The fraction of sp³-hybridized carbons (Fsp3) is 0.250. The van der Waals surface area contributed by atoms with Crippen LogP contribution >= 0.6 is 22.7 Å². The first-order valence-electron chi connectivity index (χ1n) is 9.00. The van der Waals surface area contributed by atoms with Crippen LogP contribution in [0.2, 0.25) is 0 Å². The molecule has 0 radical (unpaired) electrons. The first-order chi connectivity index (χ1) is 14.4. The lowest BCUT2D eigenvalue weighted by atomic mass is 10.1. The molecule has 158 valence electrons. The predicted molar refractivity (Wildman–Crippen MR) is 112 cm³/mol. The van der Waals surface area contributed by atoms with Crippen molar-refractivity contribution in [2.75, 3.05) is 5.32 Å². The minimum absolute atomic E-state index is 0.0334. The summed E-state index contributed by atoms with van der Waals surface area (Å²) in [5.41, 5.74) is 1.17. The summed E-state index contributed by atoms with van der Waals surface area (Å²) in [5.74, 6) is -0.405. The maximum atomic E-state index is 12.4. The van der Waals surface area contributed by atoms with Crippen LogP contribution in [0, 0.1) is 0 Å². The zero-order chi connectivity index (χ0) is 21.5. The van der Waals surface area contributed by atoms with Gasteiger partial charge in [0.25, 0.3) is 0 Å². The van der Waals surface area contributed by atoms with Crippen LogP contribution in [-0.2, 0) is 22.4 Å². The first kappa shape index (κ1) is 21.8. The van der Waals surface area contributed by atoms with E-state index in [0.717, 1.165) is 4.88 Å². The molecule has 0 spiro atoms. The lowest BCUT2D eigenvalue weighted by Crippen LogP contribution is -2.28. The molecule has 2 amide bonds. The highest BCUT2D eigenvalue weighted by atomic mass is 32.1. The van der Waals surface area contributed by atoms with Gasteiger partial charge < -0.3 is 15.4 Å². The number of alkyl halides is 2. The largest absolute Gasteiger partial charge is 0.435 e. The van der Waals surface area contributed by atoms with Crippen molar-refractivity contribution in [2.45, 2.75) is 32.4 Å². The number of hydrogen-bond acceptors (Lipinski definition) is 6. The highest BCUT2D eigenvalue weighted by molar-refractivity contribution is 7.14. The number of carbonyl (C=O) groups excluding carboxylic acids is 2. The van der Waals surface area contributed by atoms with Crippen LogP contribution in [0.3, 0.4) is 0 Å². The lowest BCUT2D eigenvalue weighted by molar-refractivity contribution is -0.121. The Labute approximate surface area is 179 Å². The van der Waals surface area contributed by atoms with Gasteiger partial charge in [0.2, 0.25) is 11.8 Å². The number of benzene rings is 1. The third-order valence-electron chi connectivity index (χ3n) is 4.02. The summed E-state index contributed by atoms with van der Waals surface area (Å²) >= 11 is 2.76. The molecule has 0 saturated heterocycles. The molecule has 0 aliphatic rings. The normalized spacial score (nSPS) is 11.9. The van der Waals surface area contributed by atoms with Gasteiger partial charge in [-0.2, -0.15) is 8.78 Å². The molecule has 0 aliphatic carbocycles. The molecule has 2 heterocycles. The van der Waals surface area contributed by atoms with E-state index in [1.807, 2.05) is 17.5 Å². The molecule has 1 atom stereocenters. The van der Waals surface area contributed by atoms with Crippen LogP contribution in [0.5, 0.6) is 5.75 Å². The van der Waals surface area contributed by atoms with Gasteiger partial charge >= 0.3 is 6.61 Å². The molecule has 10 heteroatoms. The van der Waals surface area contributed by atoms with Gasteiger partial charge in [-0.3, -0.25) is 9.59 Å². The Morgan fingerprint density at radius 2 is 1.97 bits per heavy atom. The lowest BCUT2D eigenvalue weighted by Gasteiger charge is -2.15. The second-order valence-electron chi connectivity index (χ2n) is 6.37. The van der Waals surface area contributed by atoms with E-state index in [0.29, 0.717) is 16.4 Å². The molecular weight excluding hydrogens is 432 g/mol. The first-order valence-corrected chi connectivity index (χ1v) is 10.8. The quantitative estimate of drug-likeness (QED) is 0.505. The Morgan fingerprint density at radius 1 is 1.13 bits per heavy atom. The van der Waals surface area contributed by atoms with Crippen molar-refractivity contribution in [3.05, 3.63) is 63.3 Å². The molecule has 2 aromatic heterocycles. The molecule has 0 aliphatic heterocycles. The number of amides is 2. The number of halogens is 2. The van der Waals surface area contributed by atoms with E-state index in [2.05, 4.69) is 20.4 Å². The van der Waals surface area contributed by atoms with Gasteiger partial charge in [0, 0.05) is 10.3 Å². The average molecular weight is 452 g/mol. The standard InChI is InChI=1S/C20H19F2N3O3S2/c1-12(13-4-2-5-15(8-13)28-19(21)22)23-17(26)9-14-11-30-20(24-14)25-18(27)10-16-6-3-7-29-16/h2-8,11-12,19H,9-10H2,1H3,(H,23,26)(H,24,25,27). The molecule has 1 aromatic carbocycles. The number of nitrogens with zero attached hydrogens (tertiary/aromatic N) is 1. The smallest absolute Gasteiger partial charge is 0.387 e. The van der Waals surface area contributed by atoms with Gasteiger partial charge in [0.05, 0.1) is 24.6 Å². The summed E-state index contributed by atoms with van der Waals surface area (Å²) in [7, 11) is 0. The van der Waals surface area contributed by atoms with Crippen LogP contribution in [0.4, 0.5) is 13.9 Å². The Bertz CT molecular complexity index is 993. The summed E-state index contributed by atoms with van der Waals surface area (Å²) in [4.78, 5) is 29.6. The molecule has 0 fully saturated rings. The third-order valence-corrected chi connectivity index (χ3v) is 5.70. The number of anilines is 1. The SMILES string of the molecule is CC(NC(=O)Cc1csc(NC(=O)Cc2cccs2)n1)c1cccc(OC(F)F)c1. The van der Waals surface area contributed by atoms with Gasteiger partial charge in [0.15, 0.2) is 5.13 Å². The number of ether oxygens (including phenoxy) is 1. The zero-order valence-electron chi connectivity index (χ0n) is 15.9. The summed E-state index contributed by atoms with van der Waals surface area (Å²) in [6.07, 6.45) is 0.313. The van der Waals surface area contributed by atoms with E-state index in [-0.39, 0.29) is 30.4 Å². The maximum absolute atomic E-state index is 12.4. The molecule has 0 bridgehead atoms. The molecule has 1 unspecified atom stereocenters. The number of rotatable bonds is 9. The van der Waals surface area contributed by atoms with Crippen LogP contribution in [0.25, 0.3) is 0 Å². The summed E-state index contributed by atoms with van der Waals surface area (Å²) in [5, 5.41) is 9.59. The highest BCUT2D eigenvalue weighted by Gasteiger charge is 2.14. The summed E-state index contributed by atoms with van der Waals surface area (Å²) < 4.78 is 29.1. The van der Waals surface area contributed by atoms with E-state index in [1.165, 1.54) is 34.8 Å². The molecule has 2 N–H and O–H groups in total. The number of carbonyl (C=O) groups is 2. The molecule has 6 nitrogen and oxygen atoms in total. The van der Waals surface area contributed by atoms with E-state index < -0.39 is 12.7 Å². The number of hydrogen-bond donors (Lipinski definition) is 2. The number of nitrogens with one attached hydrogen (secondary N) is 2. The van der Waals surface area contributed by atoms with Gasteiger partial charge in [0.1, 0.15) is 5.75 Å². The molecule has 30 heavy (non-hydrogen) atoms. The van der Waals surface area contributed by atoms with Crippen LogP contribution in [0.15, 0.2) is 47.2 Å². The van der Waals surface area contributed by atoms with Gasteiger partial charge in [-0.1, -0.05) is 18.2 Å². The van der Waals surface area contributed by atoms with Crippen LogP contribution in [0.1, 0.15) is 29.1 Å². The van der Waals surface area contributed by atoms with Gasteiger partial charge in [-0.15, -0.1) is 22.7 Å². The van der Waals surface area contributed by atoms with Crippen molar-refractivity contribution in [1.82, 2.24) is 10.3 Å². The topological polar surface area (TPSA) is 80.3 Å². The summed E-state index contributed by atoms with van der Waals surface area (Å²) in [6.45, 7) is -1.16. The van der Waals surface area contributed by atoms with E-state index in [4.69, 9.17) is 0 Å². The van der Waals surface area contributed by atoms with Crippen LogP contribution < -0.4 is 15.4 Å². The predicted octanol–water partition coefficient (Wildman–Crippen LogP) is 4.41. The van der Waals surface area contributed by atoms with Crippen molar-refractivity contribution in [1.29, 1.82) is 0 Å². The van der Waals surface area contributed by atoms with E-state index >= 15 is 0 Å². The molecule has 3 rings (SSSR count). The number of aromatic nitrogens is 1. The van der Waals surface area contributed by atoms with Crippen LogP contribution in [-0.4, -0.2) is 23.4 Å². The second-order valence-corrected chi connectivity index (χ2v) is 8.26. The highest BCUT2D eigenvalue weighted by Crippen LogP contribution is 2.21. The maximum Gasteiger partial charge on any atom is 0.387 e. The Balaban J connectivity index is 1.51. The fourth-order valence-electron chi connectivity index (χ4n) is 2.68. The van der Waals surface area contributed by atoms with Crippen molar-refractivity contribution in [2.24, 2.45) is 0 Å². The minimum Gasteiger partial charge on any atom is -0.435 e. The summed E-state index contributed by atoms with van der Waals surface area (Å²) in [6, 6.07) is 9.56. The Morgan fingerprint density at radius 3 is 2.70 bits per heavy atom. The van der Waals surface area contributed by atoms with Crippen molar-refractivity contribution in [3.8, 4) is 5.75 Å². The van der Waals surface area contributed by atoms with Crippen molar-refractivity contribution < 1.29 is 23.1 Å². The molecule has 0 saturated carbocycles. The van der Waals surface area contributed by atoms with E-state index in [1.54, 1.807) is 24.4 Å². The third kappa shape index (κ3) is 6.60. The average Bonchev–Trinajstić information content (AvgIpc) is 3.33. The minimum atomic E-state index is -2.91. The monoisotopic (exact) mass is 451 g/mol. The van der Waals surface area contributed by atoms with Gasteiger partial charge in [-0.25, -0.2) is 4.98 Å². The molecule has 3 aromatic rings. The van der Waals surface area contributed by atoms with Crippen molar-refractivity contribution >= 4 is 39.6 Å². The fourth-order valence-corrected chi connectivity index (χ4v) is 4.11. The Kier molecular flexibility index (Phi) is 7.47. The zero-order valence-corrected chi connectivity index (χ0v) is 17.6. The van der Waals surface area contributed by atoms with Crippen molar-refractivity contribution in [3.63, 3.8) is 0 Å². The second kappa shape index (κ2) is 10.3. The van der Waals surface area contributed by atoms with E-state index in [9.17, 15) is 18.4 Å². The number of thiazole rings is 1. The number of thiophene rings is 1. The van der Waals surface area contributed by atoms with Gasteiger partial charge in [-0.05, 0) is 36.1 Å².